The SMILES string of the molecule is CCc1ccc(CNCCNC(C)(C)C)cc1. The molecule has 1 aromatic rings. The Morgan fingerprint density at radius 3 is 2.06 bits per heavy atom. The Hall–Kier alpha value is -0.860. The summed E-state index contributed by atoms with van der Waals surface area (Å²) in [5, 5.41) is 6.91. The van der Waals surface area contributed by atoms with Crippen LogP contribution in [0.5, 0.6) is 0 Å². The molecule has 0 aromatic heterocycles. The zero-order valence-corrected chi connectivity index (χ0v) is 11.6. The summed E-state index contributed by atoms with van der Waals surface area (Å²) in [4.78, 5) is 0. The van der Waals surface area contributed by atoms with Gasteiger partial charge in [0.05, 0.1) is 0 Å². The van der Waals surface area contributed by atoms with Crippen LogP contribution in [0.3, 0.4) is 0 Å². The van der Waals surface area contributed by atoms with Crippen molar-refractivity contribution in [2.24, 2.45) is 0 Å². The molecular weight excluding hydrogens is 208 g/mol. The molecule has 2 heteroatoms. The van der Waals surface area contributed by atoms with Gasteiger partial charge in [-0.15, -0.1) is 0 Å². The van der Waals surface area contributed by atoms with Crippen LogP contribution in [0.25, 0.3) is 0 Å². The van der Waals surface area contributed by atoms with Gasteiger partial charge in [0.15, 0.2) is 0 Å². The van der Waals surface area contributed by atoms with E-state index in [0.717, 1.165) is 26.1 Å². The summed E-state index contributed by atoms with van der Waals surface area (Å²) in [7, 11) is 0. The second kappa shape index (κ2) is 6.77. The Morgan fingerprint density at radius 2 is 1.53 bits per heavy atom. The molecule has 0 unspecified atom stereocenters. The maximum Gasteiger partial charge on any atom is 0.0206 e. The molecule has 0 amide bonds. The fourth-order valence-corrected chi connectivity index (χ4v) is 1.65. The molecule has 0 bridgehead atoms. The summed E-state index contributed by atoms with van der Waals surface area (Å²) in [5.74, 6) is 0. The fourth-order valence-electron chi connectivity index (χ4n) is 1.65. The van der Waals surface area contributed by atoms with E-state index in [0.29, 0.717) is 0 Å². The highest BCUT2D eigenvalue weighted by Gasteiger charge is 2.06. The molecule has 0 aliphatic carbocycles. The van der Waals surface area contributed by atoms with Crippen LogP contribution in [0.4, 0.5) is 0 Å². The lowest BCUT2D eigenvalue weighted by molar-refractivity contribution is 0.421. The van der Waals surface area contributed by atoms with E-state index < -0.39 is 0 Å². The first kappa shape index (κ1) is 14.2. The van der Waals surface area contributed by atoms with Crippen LogP contribution >= 0.6 is 0 Å². The molecule has 0 saturated carbocycles. The van der Waals surface area contributed by atoms with Crippen molar-refractivity contribution in [3.63, 3.8) is 0 Å². The maximum absolute atomic E-state index is 3.46. The monoisotopic (exact) mass is 234 g/mol. The second-order valence-electron chi connectivity index (χ2n) is 5.52. The first-order chi connectivity index (χ1) is 8.01. The zero-order valence-electron chi connectivity index (χ0n) is 11.6. The Bertz CT molecular complexity index is 309. The highest BCUT2D eigenvalue weighted by atomic mass is 15.0. The number of benzene rings is 1. The summed E-state index contributed by atoms with van der Waals surface area (Å²) in [6.45, 7) is 11.7. The molecule has 2 nitrogen and oxygen atoms in total. The Labute approximate surface area is 106 Å². The first-order valence-corrected chi connectivity index (χ1v) is 6.55. The summed E-state index contributed by atoms with van der Waals surface area (Å²) in [6, 6.07) is 8.85. The van der Waals surface area contributed by atoms with Crippen LogP contribution in [-0.4, -0.2) is 18.6 Å². The average molecular weight is 234 g/mol. The molecule has 0 spiro atoms. The highest BCUT2D eigenvalue weighted by Crippen LogP contribution is 2.04. The fraction of sp³-hybridized carbons (Fsp3) is 0.600. The van der Waals surface area contributed by atoms with Crippen LogP contribution in [-0.2, 0) is 13.0 Å². The van der Waals surface area contributed by atoms with Gasteiger partial charge >= 0.3 is 0 Å². The van der Waals surface area contributed by atoms with Crippen LogP contribution in [0.15, 0.2) is 24.3 Å². The van der Waals surface area contributed by atoms with Crippen LogP contribution < -0.4 is 10.6 Å². The number of nitrogens with one attached hydrogen (secondary N) is 2. The maximum atomic E-state index is 3.46. The van der Waals surface area contributed by atoms with Crippen molar-refractivity contribution in [3.05, 3.63) is 35.4 Å². The molecule has 0 atom stereocenters. The molecule has 0 saturated heterocycles. The minimum atomic E-state index is 0.213. The zero-order chi connectivity index (χ0) is 12.7. The Morgan fingerprint density at radius 1 is 0.941 bits per heavy atom. The van der Waals surface area contributed by atoms with Gasteiger partial charge in [-0.1, -0.05) is 31.2 Å². The van der Waals surface area contributed by atoms with Crippen LogP contribution in [0, 0.1) is 0 Å². The van der Waals surface area contributed by atoms with E-state index in [1.54, 1.807) is 0 Å². The van der Waals surface area contributed by atoms with Crippen molar-refractivity contribution in [2.75, 3.05) is 13.1 Å². The van der Waals surface area contributed by atoms with Gasteiger partial charge in [0.2, 0.25) is 0 Å². The van der Waals surface area contributed by atoms with E-state index in [1.807, 2.05) is 0 Å². The van der Waals surface area contributed by atoms with Gasteiger partial charge in [-0.3, -0.25) is 0 Å². The molecule has 2 N–H and O–H groups in total. The predicted molar refractivity (Wildman–Crippen MR) is 75.3 cm³/mol. The number of rotatable bonds is 6. The standard InChI is InChI=1S/C15H26N2/c1-5-13-6-8-14(9-7-13)12-16-10-11-17-15(2,3)4/h6-9,16-17H,5,10-12H2,1-4H3. The summed E-state index contributed by atoms with van der Waals surface area (Å²) in [5.41, 5.74) is 2.98. The first-order valence-electron chi connectivity index (χ1n) is 6.55. The predicted octanol–water partition coefficient (Wildman–Crippen LogP) is 2.73. The van der Waals surface area contributed by atoms with Gasteiger partial charge in [-0.25, -0.2) is 0 Å². The van der Waals surface area contributed by atoms with E-state index in [9.17, 15) is 0 Å². The number of hydrogen-bond donors (Lipinski definition) is 2. The van der Waals surface area contributed by atoms with E-state index in [1.165, 1.54) is 11.1 Å². The van der Waals surface area contributed by atoms with Crippen molar-refractivity contribution in [1.82, 2.24) is 10.6 Å². The average Bonchev–Trinajstić information content (AvgIpc) is 2.28. The van der Waals surface area contributed by atoms with Crippen molar-refractivity contribution in [2.45, 2.75) is 46.2 Å². The lowest BCUT2D eigenvalue weighted by Gasteiger charge is -2.20. The molecule has 17 heavy (non-hydrogen) atoms. The highest BCUT2D eigenvalue weighted by molar-refractivity contribution is 5.22. The third-order valence-corrected chi connectivity index (χ3v) is 2.72. The third-order valence-electron chi connectivity index (χ3n) is 2.72. The van der Waals surface area contributed by atoms with Crippen molar-refractivity contribution >= 4 is 0 Å². The lowest BCUT2D eigenvalue weighted by Crippen LogP contribution is -2.40. The van der Waals surface area contributed by atoms with Gasteiger partial charge in [-0.2, -0.15) is 0 Å². The molecule has 96 valence electrons. The minimum Gasteiger partial charge on any atom is -0.311 e. The van der Waals surface area contributed by atoms with Crippen molar-refractivity contribution < 1.29 is 0 Å². The quantitative estimate of drug-likeness (QED) is 0.740. The number of hydrogen-bond acceptors (Lipinski definition) is 2. The van der Waals surface area contributed by atoms with Gasteiger partial charge in [0, 0.05) is 25.2 Å². The topological polar surface area (TPSA) is 24.1 Å². The molecular formula is C15H26N2. The van der Waals surface area contributed by atoms with E-state index in [-0.39, 0.29) is 5.54 Å². The van der Waals surface area contributed by atoms with E-state index >= 15 is 0 Å². The van der Waals surface area contributed by atoms with Gasteiger partial charge in [0.25, 0.3) is 0 Å². The van der Waals surface area contributed by atoms with Gasteiger partial charge in [0.1, 0.15) is 0 Å². The van der Waals surface area contributed by atoms with E-state index in [2.05, 4.69) is 62.6 Å². The molecule has 0 aliphatic heterocycles. The molecule has 1 aromatic carbocycles. The Balaban J connectivity index is 2.18. The molecule has 0 heterocycles. The van der Waals surface area contributed by atoms with Crippen molar-refractivity contribution in [3.8, 4) is 0 Å². The Kier molecular flexibility index (Phi) is 5.66. The second-order valence-corrected chi connectivity index (χ2v) is 5.52. The molecule has 0 fully saturated rings. The smallest absolute Gasteiger partial charge is 0.0206 e. The van der Waals surface area contributed by atoms with Crippen molar-refractivity contribution in [1.29, 1.82) is 0 Å². The lowest BCUT2D eigenvalue weighted by atomic mass is 10.1. The van der Waals surface area contributed by atoms with Crippen LogP contribution in [0.2, 0.25) is 0 Å². The molecule has 0 aliphatic rings. The summed E-state index contributed by atoms with van der Waals surface area (Å²) >= 11 is 0. The van der Waals surface area contributed by atoms with Crippen LogP contribution in [0.1, 0.15) is 38.8 Å². The number of aryl methyl sites for hydroxylation is 1. The summed E-state index contributed by atoms with van der Waals surface area (Å²) in [6.07, 6.45) is 1.11. The van der Waals surface area contributed by atoms with Gasteiger partial charge in [-0.05, 0) is 38.3 Å². The van der Waals surface area contributed by atoms with E-state index in [4.69, 9.17) is 0 Å². The molecule has 0 radical (unpaired) electrons. The largest absolute Gasteiger partial charge is 0.311 e. The summed E-state index contributed by atoms with van der Waals surface area (Å²) < 4.78 is 0. The van der Waals surface area contributed by atoms with Gasteiger partial charge < -0.3 is 10.6 Å². The normalized spacial score (nSPS) is 11.8. The minimum absolute atomic E-state index is 0.213. The molecule has 1 rings (SSSR count). The third kappa shape index (κ3) is 6.44.